The van der Waals surface area contributed by atoms with Gasteiger partial charge in [0.25, 0.3) is 6.43 Å². The minimum absolute atomic E-state index is 0.135. The van der Waals surface area contributed by atoms with Crippen LogP contribution in [0, 0.1) is 0 Å². The average molecular weight is 152 g/mol. The Hall–Kier alpha value is -0.220. The van der Waals surface area contributed by atoms with Crippen molar-refractivity contribution in [3.8, 4) is 0 Å². The monoisotopic (exact) mass is 152 g/mol. The van der Waals surface area contributed by atoms with Crippen LogP contribution in [0.5, 0.6) is 0 Å². The van der Waals surface area contributed by atoms with Gasteiger partial charge in [-0.1, -0.05) is 0 Å². The molecule has 0 aromatic rings. The number of alkyl halides is 2. The summed E-state index contributed by atoms with van der Waals surface area (Å²) in [6.45, 7) is -0.503. The minimum atomic E-state index is -2.39. The molecular formula is C6H10F2O2. The lowest BCUT2D eigenvalue weighted by molar-refractivity contribution is -0.0987. The van der Waals surface area contributed by atoms with Crippen molar-refractivity contribution in [3.63, 3.8) is 0 Å². The summed E-state index contributed by atoms with van der Waals surface area (Å²) >= 11 is 0. The summed E-state index contributed by atoms with van der Waals surface area (Å²) in [4.78, 5) is 0. The Kier molecular flexibility index (Phi) is 2.56. The molecular weight excluding hydrogens is 142 g/mol. The fourth-order valence-electron chi connectivity index (χ4n) is 0.883. The van der Waals surface area contributed by atoms with Gasteiger partial charge in [-0.2, -0.15) is 0 Å². The molecule has 0 radical (unpaired) electrons. The van der Waals surface area contributed by atoms with E-state index in [0.29, 0.717) is 12.8 Å². The lowest BCUT2D eigenvalue weighted by Gasteiger charge is -2.30. The Labute approximate surface area is 57.8 Å². The SMILES string of the molecule is OC1CC(OCC(F)F)C1. The van der Waals surface area contributed by atoms with E-state index in [0.717, 1.165) is 0 Å². The summed E-state index contributed by atoms with van der Waals surface area (Å²) in [5.41, 5.74) is 0. The molecule has 0 bridgehead atoms. The standard InChI is InChI=1S/C6H10F2O2/c7-6(8)3-10-5-1-4(9)2-5/h4-6,9H,1-3H2. The van der Waals surface area contributed by atoms with E-state index in [1.165, 1.54) is 0 Å². The maximum atomic E-state index is 11.5. The van der Waals surface area contributed by atoms with Gasteiger partial charge in [0.15, 0.2) is 0 Å². The molecule has 1 fully saturated rings. The molecule has 60 valence electrons. The van der Waals surface area contributed by atoms with E-state index in [-0.39, 0.29) is 12.2 Å². The number of rotatable bonds is 3. The molecule has 0 aromatic carbocycles. The number of hydrogen-bond donors (Lipinski definition) is 1. The molecule has 0 saturated heterocycles. The summed E-state index contributed by atoms with van der Waals surface area (Å²) in [5, 5.41) is 8.72. The number of ether oxygens (including phenoxy) is 1. The molecule has 0 unspecified atom stereocenters. The Morgan fingerprint density at radius 1 is 1.50 bits per heavy atom. The van der Waals surface area contributed by atoms with Gasteiger partial charge >= 0.3 is 0 Å². The van der Waals surface area contributed by atoms with Crippen molar-refractivity contribution >= 4 is 0 Å². The third kappa shape index (κ3) is 2.19. The molecule has 1 aliphatic carbocycles. The van der Waals surface area contributed by atoms with Gasteiger partial charge in [-0.05, 0) is 12.8 Å². The predicted molar refractivity (Wildman–Crippen MR) is 31.0 cm³/mol. The van der Waals surface area contributed by atoms with Crippen LogP contribution in [0.1, 0.15) is 12.8 Å². The third-order valence-electron chi connectivity index (χ3n) is 1.53. The molecule has 10 heavy (non-hydrogen) atoms. The highest BCUT2D eigenvalue weighted by molar-refractivity contribution is 4.79. The van der Waals surface area contributed by atoms with Gasteiger partial charge in [0.2, 0.25) is 0 Å². The molecule has 1 saturated carbocycles. The van der Waals surface area contributed by atoms with Gasteiger partial charge in [0.1, 0.15) is 6.61 Å². The lowest BCUT2D eigenvalue weighted by atomic mass is 9.92. The lowest BCUT2D eigenvalue weighted by Crippen LogP contribution is -2.36. The van der Waals surface area contributed by atoms with E-state index >= 15 is 0 Å². The molecule has 0 amide bonds. The molecule has 2 nitrogen and oxygen atoms in total. The Morgan fingerprint density at radius 2 is 2.10 bits per heavy atom. The fraction of sp³-hybridized carbons (Fsp3) is 1.00. The van der Waals surface area contributed by atoms with Gasteiger partial charge in [-0.15, -0.1) is 0 Å². The van der Waals surface area contributed by atoms with Crippen molar-refractivity contribution in [2.24, 2.45) is 0 Å². The zero-order valence-corrected chi connectivity index (χ0v) is 5.46. The smallest absolute Gasteiger partial charge is 0.261 e. The quantitative estimate of drug-likeness (QED) is 0.647. The summed E-state index contributed by atoms with van der Waals surface area (Å²) < 4.78 is 27.6. The zero-order valence-electron chi connectivity index (χ0n) is 5.46. The second-order valence-corrected chi connectivity index (χ2v) is 2.47. The Morgan fingerprint density at radius 3 is 2.50 bits per heavy atom. The second kappa shape index (κ2) is 3.25. The average Bonchev–Trinajstić information content (AvgIpc) is 1.77. The normalized spacial score (nSPS) is 32.4. The number of aliphatic hydroxyl groups is 1. The van der Waals surface area contributed by atoms with E-state index < -0.39 is 13.0 Å². The second-order valence-electron chi connectivity index (χ2n) is 2.47. The maximum absolute atomic E-state index is 11.5. The molecule has 0 heterocycles. The summed E-state index contributed by atoms with van der Waals surface area (Å²) in [6.07, 6.45) is -1.84. The van der Waals surface area contributed by atoms with Crippen LogP contribution in [0.2, 0.25) is 0 Å². The highest BCUT2D eigenvalue weighted by atomic mass is 19.3. The van der Waals surface area contributed by atoms with E-state index in [4.69, 9.17) is 9.84 Å². The maximum Gasteiger partial charge on any atom is 0.261 e. The molecule has 1 aliphatic rings. The van der Waals surface area contributed by atoms with Crippen molar-refractivity contribution < 1.29 is 18.6 Å². The number of halogens is 2. The van der Waals surface area contributed by atoms with E-state index in [9.17, 15) is 8.78 Å². The van der Waals surface area contributed by atoms with Crippen molar-refractivity contribution in [2.45, 2.75) is 31.5 Å². The first-order valence-electron chi connectivity index (χ1n) is 3.26. The third-order valence-corrected chi connectivity index (χ3v) is 1.53. The van der Waals surface area contributed by atoms with E-state index in [1.807, 2.05) is 0 Å². The zero-order chi connectivity index (χ0) is 7.56. The Bertz CT molecular complexity index is 102. The summed E-state index contributed by atoms with van der Waals surface area (Å²) in [6, 6.07) is 0. The van der Waals surface area contributed by atoms with Gasteiger partial charge < -0.3 is 9.84 Å². The first-order chi connectivity index (χ1) is 4.68. The van der Waals surface area contributed by atoms with Crippen molar-refractivity contribution in [2.75, 3.05) is 6.61 Å². The minimum Gasteiger partial charge on any atom is -0.393 e. The highest BCUT2D eigenvalue weighted by Crippen LogP contribution is 2.23. The predicted octanol–water partition coefficient (Wildman–Crippen LogP) is 0.791. The first-order valence-corrected chi connectivity index (χ1v) is 3.26. The van der Waals surface area contributed by atoms with Crippen LogP contribution in [0.3, 0.4) is 0 Å². The summed E-state index contributed by atoms with van der Waals surface area (Å²) in [5.74, 6) is 0. The van der Waals surface area contributed by atoms with Gasteiger partial charge in [-0.3, -0.25) is 0 Å². The van der Waals surface area contributed by atoms with E-state index in [1.54, 1.807) is 0 Å². The van der Waals surface area contributed by atoms with Crippen LogP contribution in [-0.4, -0.2) is 30.3 Å². The van der Waals surface area contributed by atoms with Crippen LogP contribution in [0.4, 0.5) is 8.78 Å². The van der Waals surface area contributed by atoms with Crippen molar-refractivity contribution in [1.29, 1.82) is 0 Å². The first kappa shape index (κ1) is 7.88. The molecule has 4 heteroatoms. The largest absolute Gasteiger partial charge is 0.393 e. The van der Waals surface area contributed by atoms with Crippen LogP contribution >= 0.6 is 0 Å². The highest BCUT2D eigenvalue weighted by Gasteiger charge is 2.28. The molecule has 0 aliphatic heterocycles. The summed E-state index contributed by atoms with van der Waals surface area (Å²) in [7, 11) is 0. The molecule has 1 rings (SSSR count). The van der Waals surface area contributed by atoms with Crippen LogP contribution in [-0.2, 0) is 4.74 Å². The van der Waals surface area contributed by atoms with Crippen molar-refractivity contribution in [3.05, 3.63) is 0 Å². The van der Waals surface area contributed by atoms with Gasteiger partial charge in [-0.25, -0.2) is 8.78 Å². The van der Waals surface area contributed by atoms with Crippen molar-refractivity contribution in [1.82, 2.24) is 0 Å². The fourth-order valence-corrected chi connectivity index (χ4v) is 0.883. The van der Waals surface area contributed by atoms with E-state index in [2.05, 4.69) is 0 Å². The van der Waals surface area contributed by atoms with Crippen LogP contribution in [0.25, 0.3) is 0 Å². The molecule has 0 spiro atoms. The molecule has 0 aromatic heterocycles. The van der Waals surface area contributed by atoms with Gasteiger partial charge in [0, 0.05) is 0 Å². The number of hydrogen-bond acceptors (Lipinski definition) is 2. The topological polar surface area (TPSA) is 29.5 Å². The number of aliphatic hydroxyl groups excluding tert-OH is 1. The van der Waals surface area contributed by atoms with Crippen LogP contribution in [0.15, 0.2) is 0 Å². The molecule has 1 N–H and O–H groups in total. The van der Waals surface area contributed by atoms with Crippen LogP contribution < -0.4 is 0 Å². The molecule has 0 atom stereocenters. The Balaban J connectivity index is 1.95. The van der Waals surface area contributed by atoms with Gasteiger partial charge in [0.05, 0.1) is 12.2 Å².